The Morgan fingerprint density at radius 3 is 2.43 bits per heavy atom. The van der Waals surface area contributed by atoms with Crippen LogP contribution in [0.2, 0.25) is 0 Å². The van der Waals surface area contributed by atoms with E-state index in [1.165, 1.54) is 43.1 Å². The number of carbonyl (C=O) groups excluding carboxylic acids is 1. The molecule has 0 saturated heterocycles. The molecule has 4 aliphatic carbocycles. The van der Waals surface area contributed by atoms with Gasteiger partial charge in [-0.2, -0.15) is 0 Å². The highest BCUT2D eigenvalue weighted by Gasteiger charge is 2.50. The molecule has 0 spiro atoms. The first-order chi connectivity index (χ1) is 10.1. The van der Waals surface area contributed by atoms with Crippen LogP contribution < -0.4 is 5.73 Å². The van der Waals surface area contributed by atoms with Gasteiger partial charge in [-0.3, -0.25) is 4.79 Å². The number of anilines is 1. The summed E-state index contributed by atoms with van der Waals surface area (Å²) in [4.78, 5) is 18.4. The monoisotopic (exact) mass is 289 g/mol. The molecule has 1 amide bonds. The van der Waals surface area contributed by atoms with Gasteiger partial charge in [-0.15, -0.1) is 5.10 Å². The molecule has 4 saturated carbocycles. The summed E-state index contributed by atoms with van der Waals surface area (Å²) < 4.78 is 1.53. The van der Waals surface area contributed by atoms with Gasteiger partial charge < -0.3 is 10.6 Å². The lowest BCUT2D eigenvalue weighted by Crippen LogP contribution is -2.56. The van der Waals surface area contributed by atoms with Gasteiger partial charge in [0.15, 0.2) is 0 Å². The summed E-state index contributed by atoms with van der Waals surface area (Å²) in [6, 6.07) is 0.436. The second-order valence-corrected chi connectivity index (χ2v) is 7.23. The van der Waals surface area contributed by atoms with E-state index in [2.05, 4.69) is 10.1 Å². The molecule has 2 N–H and O–H groups in total. The van der Waals surface area contributed by atoms with Crippen molar-refractivity contribution >= 4 is 11.9 Å². The van der Waals surface area contributed by atoms with Crippen LogP contribution in [0, 0.1) is 23.7 Å². The Morgan fingerprint density at radius 2 is 1.90 bits per heavy atom. The highest BCUT2D eigenvalue weighted by molar-refractivity contribution is 5.76. The number of nitrogens with zero attached hydrogens (tertiary/aromatic N) is 4. The van der Waals surface area contributed by atoms with Gasteiger partial charge in [-0.1, -0.05) is 0 Å². The molecule has 0 atom stereocenters. The number of nitrogen functional groups attached to an aromatic ring is 1. The van der Waals surface area contributed by atoms with E-state index in [1.54, 1.807) is 0 Å². The van der Waals surface area contributed by atoms with E-state index < -0.39 is 0 Å². The van der Waals surface area contributed by atoms with E-state index in [1.807, 2.05) is 11.9 Å². The average Bonchev–Trinajstić information content (AvgIpc) is 2.82. The zero-order valence-corrected chi connectivity index (χ0v) is 12.5. The van der Waals surface area contributed by atoms with E-state index in [0.29, 0.717) is 6.04 Å². The fourth-order valence-electron chi connectivity index (χ4n) is 5.33. The fraction of sp³-hybridized carbons (Fsp3) is 0.800. The van der Waals surface area contributed by atoms with Crippen LogP contribution in [-0.2, 0) is 11.3 Å². The molecule has 0 aliphatic heterocycles. The molecule has 6 nitrogen and oxygen atoms in total. The van der Waals surface area contributed by atoms with Gasteiger partial charge in [0.05, 0.1) is 0 Å². The van der Waals surface area contributed by atoms with Crippen molar-refractivity contribution in [1.29, 1.82) is 0 Å². The van der Waals surface area contributed by atoms with Crippen LogP contribution in [0.5, 0.6) is 0 Å². The summed E-state index contributed by atoms with van der Waals surface area (Å²) in [6.07, 6.45) is 8.27. The van der Waals surface area contributed by atoms with Crippen molar-refractivity contribution in [1.82, 2.24) is 19.7 Å². The molecule has 0 radical (unpaired) electrons. The minimum Gasteiger partial charge on any atom is -0.367 e. The molecule has 6 heteroatoms. The van der Waals surface area contributed by atoms with E-state index in [4.69, 9.17) is 5.73 Å². The third-order valence-electron chi connectivity index (χ3n) is 5.87. The predicted octanol–water partition coefficient (Wildman–Crippen LogP) is 1.14. The molecule has 1 heterocycles. The van der Waals surface area contributed by atoms with Crippen LogP contribution in [0.3, 0.4) is 0 Å². The fourth-order valence-corrected chi connectivity index (χ4v) is 5.33. The highest BCUT2D eigenvalue weighted by Crippen LogP contribution is 2.54. The number of amides is 1. The molecule has 4 aliphatic rings. The molecule has 5 rings (SSSR count). The molecule has 21 heavy (non-hydrogen) atoms. The third kappa shape index (κ3) is 2.21. The molecular weight excluding hydrogens is 266 g/mol. The summed E-state index contributed by atoms with van der Waals surface area (Å²) in [7, 11) is 1.97. The van der Waals surface area contributed by atoms with Crippen LogP contribution in [0.15, 0.2) is 6.33 Å². The lowest BCUT2D eigenvalue weighted by molar-refractivity contribution is -0.141. The van der Waals surface area contributed by atoms with Gasteiger partial charge in [-0.05, 0) is 55.8 Å². The maximum atomic E-state index is 12.5. The van der Waals surface area contributed by atoms with Crippen molar-refractivity contribution in [3.8, 4) is 0 Å². The lowest BCUT2D eigenvalue weighted by atomic mass is 9.54. The largest absolute Gasteiger partial charge is 0.367 e. The molecule has 4 fully saturated rings. The highest BCUT2D eigenvalue weighted by atomic mass is 16.2. The van der Waals surface area contributed by atoms with Gasteiger partial charge in [0.25, 0.3) is 0 Å². The normalized spacial score (nSPS) is 36.9. The number of hydrogen-bond donors (Lipinski definition) is 1. The Kier molecular flexibility index (Phi) is 2.94. The van der Waals surface area contributed by atoms with E-state index in [9.17, 15) is 4.79 Å². The quantitative estimate of drug-likeness (QED) is 0.905. The second kappa shape index (κ2) is 4.71. The molecule has 0 aromatic carbocycles. The van der Waals surface area contributed by atoms with E-state index in [-0.39, 0.29) is 18.4 Å². The van der Waals surface area contributed by atoms with Crippen LogP contribution in [0.4, 0.5) is 5.95 Å². The molecule has 0 unspecified atom stereocenters. The third-order valence-corrected chi connectivity index (χ3v) is 5.87. The minimum absolute atomic E-state index is 0.123. The minimum atomic E-state index is 0.123. The van der Waals surface area contributed by atoms with Crippen LogP contribution >= 0.6 is 0 Å². The molecule has 1 aromatic heterocycles. The first-order valence-corrected chi connectivity index (χ1v) is 8.00. The predicted molar refractivity (Wildman–Crippen MR) is 78.0 cm³/mol. The van der Waals surface area contributed by atoms with Crippen molar-refractivity contribution in [3.63, 3.8) is 0 Å². The molecule has 114 valence electrons. The first-order valence-electron chi connectivity index (χ1n) is 8.00. The van der Waals surface area contributed by atoms with Crippen molar-refractivity contribution in [2.75, 3.05) is 12.8 Å². The molecular formula is C15H23N5O. The number of likely N-dealkylation sites (N-methyl/N-ethyl adjacent to an activating group) is 1. The van der Waals surface area contributed by atoms with Crippen molar-refractivity contribution < 1.29 is 4.79 Å². The molecule has 1 aromatic rings. The number of rotatable bonds is 3. The standard InChI is InChI=1S/C15H23N5O/c1-19(13(21)7-20-8-17-15(16)18-20)14-11-3-9-2-10(5-11)6-12(14)4-9/h8-12,14H,2-7H2,1H3,(H2,16,18). The summed E-state index contributed by atoms with van der Waals surface area (Å²) in [5.74, 6) is 3.65. The Balaban J connectivity index is 1.47. The van der Waals surface area contributed by atoms with Crippen molar-refractivity contribution in [3.05, 3.63) is 6.33 Å². The summed E-state index contributed by atoms with van der Waals surface area (Å²) in [5.41, 5.74) is 5.50. The van der Waals surface area contributed by atoms with Gasteiger partial charge in [0.1, 0.15) is 12.9 Å². The maximum absolute atomic E-state index is 12.5. The number of hydrogen-bond acceptors (Lipinski definition) is 4. The zero-order chi connectivity index (χ0) is 14.6. The Labute approximate surface area is 124 Å². The van der Waals surface area contributed by atoms with Crippen molar-refractivity contribution in [2.24, 2.45) is 23.7 Å². The van der Waals surface area contributed by atoms with E-state index >= 15 is 0 Å². The van der Waals surface area contributed by atoms with Crippen LogP contribution in [0.25, 0.3) is 0 Å². The van der Waals surface area contributed by atoms with Gasteiger partial charge >= 0.3 is 0 Å². The smallest absolute Gasteiger partial charge is 0.244 e. The summed E-state index contributed by atoms with van der Waals surface area (Å²) >= 11 is 0. The second-order valence-electron chi connectivity index (χ2n) is 7.23. The average molecular weight is 289 g/mol. The summed E-state index contributed by atoms with van der Waals surface area (Å²) in [6.45, 7) is 0.240. The summed E-state index contributed by atoms with van der Waals surface area (Å²) in [5, 5.41) is 4.01. The van der Waals surface area contributed by atoms with Crippen LogP contribution in [-0.4, -0.2) is 38.7 Å². The number of nitrogens with two attached hydrogens (primary N) is 1. The maximum Gasteiger partial charge on any atom is 0.244 e. The van der Waals surface area contributed by atoms with Gasteiger partial charge in [0, 0.05) is 13.1 Å². The van der Waals surface area contributed by atoms with E-state index in [0.717, 1.165) is 23.7 Å². The Morgan fingerprint density at radius 1 is 1.29 bits per heavy atom. The Hall–Kier alpha value is -1.59. The molecule has 4 bridgehead atoms. The topological polar surface area (TPSA) is 77.0 Å². The lowest BCUT2D eigenvalue weighted by Gasteiger charge is -2.56. The first kappa shape index (κ1) is 13.1. The van der Waals surface area contributed by atoms with Crippen LogP contribution in [0.1, 0.15) is 32.1 Å². The number of carbonyl (C=O) groups is 1. The number of aromatic nitrogens is 3. The van der Waals surface area contributed by atoms with Gasteiger partial charge in [-0.25, -0.2) is 9.67 Å². The van der Waals surface area contributed by atoms with Crippen molar-refractivity contribution in [2.45, 2.75) is 44.7 Å². The zero-order valence-electron chi connectivity index (χ0n) is 12.5. The van der Waals surface area contributed by atoms with Gasteiger partial charge in [0.2, 0.25) is 11.9 Å². The Bertz CT molecular complexity index is 526. The SMILES string of the molecule is CN(C(=O)Cn1cnc(N)n1)C1C2CC3CC(C2)CC1C3.